The fourth-order valence-corrected chi connectivity index (χ4v) is 3.88. The third kappa shape index (κ3) is 5.65. The number of hydrogen-bond donors (Lipinski definition) is 3. The number of rotatable bonds is 7. The summed E-state index contributed by atoms with van der Waals surface area (Å²) in [4.78, 5) is 12.1. The zero-order valence-corrected chi connectivity index (χ0v) is 19.7. The first kappa shape index (κ1) is 22.4. The molecule has 0 spiro atoms. The van der Waals surface area contributed by atoms with Crippen molar-refractivity contribution in [2.75, 3.05) is 13.6 Å². The van der Waals surface area contributed by atoms with Gasteiger partial charge in [-0.05, 0) is 49.8 Å². The zero-order valence-electron chi connectivity index (χ0n) is 17.4. The predicted molar refractivity (Wildman–Crippen MR) is 133 cm³/mol. The maximum Gasteiger partial charge on any atom is 0.218 e. The smallest absolute Gasteiger partial charge is 0.218 e. The van der Waals surface area contributed by atoms with Crippen molar-refractivity contribution in [3.63, 3.8) is 0 Å². The Morgan fingerprint density at radius 3 is 2.80 bits per heavy atom. The van der Waals surface area contributed by atoms with Crippen LogP contribution in [0.15, 0.2) is 53.8 Å². The largest absolute Gasteiger partial charge is 0.474 e. The molecule has 3 N–H and O–H groups in total. The lowest BCUT2D eigenvalue weighted by atomic mass is 10.1. The van der Waals surface area contributed by atoms with Crippen molar-refractivity contribution < 1.29 is 4.74 Å². The number of nitrogens with zero attached hydrogens (tertiary/aromatic N) is 2. The van der Waals surface area contributed by atoms with Crippen LogP contribution >= 0.6 is 24.0 Å². The Hall–Kier alpha value is -2.29. The summed E-state index contributed by atoms with van der Waals surface area (Å²) in [6.07, 6.45) is 9.86. The van der Waals surface area contributed by atoms with E-state index in [1.807, 2.05) is 6.07 Å². The molecule has 3 aromatic rings. The van der Waals surface area contributed by atoms with Gasteiger partial charge in [0.25, 0.3) is 0 Å². The first-order valence-electron chi connectivity index (χ1n) is 10.4. The number of guanidine groups is 1. The van der Waals surface area contributed by atoms with E-state index in [0.717, 1.165) is 43.2 Å². The van der Waals surface area contributed by atoms with Gasteiger partial charge >= 0.3 is 0 Å². The van der Waals surface area contributed by atoms with Crippen molar-refractivity contribution in [1.82, 2.24) is 20.6 Å². The van der Waals surface area contributed by atoms with Crippen LogP contribution in [-0.2, 0) is 13.0 Å². The molecule has 1 aliphatic carbocycles. The fourth-order valence-electron chi connectivity index (χ4n) is 3.88. The van der Waals surface area contributed by atoms with Crippen LogP contribution in [0.25, 0.3) is 10.9 Å². The van der Waals surface area contributed by atoms with Gasteiger partial charge in [-0.3, -0.25) is 4.99 Å². The summed E-state index contributed by atoms with van der Waals surface area (Å²) in [5.41, 5.74) is 3.54. The molecule has 160 valence electrons. The lowest BCUT2D eigenvalue weighted by molar-refractivity contribution is 0.199. The van der Waals surface area contributed by atoms with E-state index in [-0.39, 0.29) is 24.0 Å². The van der Waals surface area contributed by atoms with Crippen molar-refractivity contribution in [3.05, 3.63) is 59.9 Å². The molecule has 0 amide bonds. The fraction of sp³-hybridized carbons (Fsp3) is 0.391. The molecule has 0 unspecified atom stereocenters. The second kappa shape index (κ2) is 11.2. The molecular weight excluding hydrogens is 489 g/mol. The lowest BCUT2D eigenvalue weighted by Crippen LogP contribution is -2.38. The highest BCUT2D eigenvalue weighted by molar-refractivity contribution is 14.0. The summed E-state index contributed by atoms with van der Waals surface area (Å²) in [7, 11) is 1.79. The first-order valence-corrected chi connectivity index (χ1v) is 10.4. The van der Waals surface area contributed by atoms with E-state index in [2.05, 4.69) is 62.1 Å². The third-order valence-corrected chi connectivity index (χ3v) is 5.46. The Bertz CT molecular complexity index is 965. The molecular formula is C23H30IN5O. The van der Waals surface area contributed by atoms with Gasteiger partial charge in [-0.2, -0.15) is 0 Å². The van der Waals surface area contributed by atoms with E-state index in [9.17, 15) is 0 Å². The monoisotopic (exact) mass is 519 g/mol. The summed E-state index contributed by atoms with van der Waals surface area (Å²) >= 11 is 0. The van der Waals surface area contributed by atoms with Crippen LogP contribution in [0.5, 0.6) is 5.88 Å². The summed E-state index contributed by atoms with van der Waals surface area (Å²) in [5.74, 6) is 1.52. The minimum absolute atomic E-state index is 0. The number of aromatic nitrogens is 2. The number of H-pyrrole nitrogens is 1. The number of aliphatic imine (C=N–C) groups is 1. The number of benzene rings is 1. The Morgan fingerprint density at radius 1 is 1.13 bits per heavy atom. The number of fused-ring (bicyclic) bond motifs is 1. The number of hydrogen-bond acceptors (Lipinski definition) is 3. The minimum Gasteiger partial charge on any atom is -0.474 e. The molecule has 0 saturated heterocycles. The van der Waals surface area contributed by atoms with Gasteiger partial charge < -0.3 is 20.4 Å². The van der Waals surface area contributed by atoms with Crippen molar-refractivity contribution in [1.29, 1.82) is 0 Å². The molecule has 7 heteroatoms. The van der Waals surface area contributed by atoms with Gasteiger partial charge in [0, 0.05) is 49.0 Å². The highest BCUT2D eigenvalue weighted by Gasteiger charge is 2.18. The summed E-state index contributed by atoms with van der Waals surface area (Å²) < 4.78 is 6.13. The Kier molecular flexibility index (Phi) is 8.36. The molecule has 1 aromatic carbocycles. The zero-order chi connectivity index (χ0) is 19.9. The van der Waals surface area contributed by atoms with Crippen molar-refractivity contribution in [3.8, 4) is 5.88 Å². The average Bonchev–Trinajstić information content (AvgIpc) is 3.41. The highest BCUT2D eigenvalue weighted by Crippen LogP contribution is 2.25. The van der Waals surface area contributed by atoms with Crippen molar-refractivity contribution >= 4 is 40.8 Å². The van der Waals surface area contributed by atoms with Crippen LogP contribution in [0.3, 0.4) is 0 Å². The summed E-state index contributed by atoms with van der Waals surface area (Å²) in [6.45, 7) is 1.43. The summed E-state index contributed by atoms with van der Waals surface area (Å²) in [6, 6.07) is 12.4. The van der Waals surface area contributed by atoms with E-state index >= 15 is 0 Å². The van der Waals surface area contributed by atoms with Gasteiger partial charge in [0.05, 0.1) is 0 Å². The standard InChI is InChI=1S/C23H29N5O.HI/c1-24-23(26-14-12-17-15-27-21-11-5-4-10-20(17)21)28-16-18-7-6-13-25-22(18)29-19-8-2-3-9-19;/h4-7,10-11,13,15,19,27H,2-3,8-9,12,14,16H2,1H3,(H2,24,26,28);1H. The first-order chi connectivity index (χ1) is 14.3. The van der Waals surface area contributed by atoms with Crippen LogP contribution in [-0.4, -0.2) is 35.6 Å². The van der Waals surface area contributed by atoms with Gasteiger partial charge in [-0.15, -0.1) is 24.0 Å². The van der Waals surface area contributed by atoms with E-state index in [1.54, 1.807) is 13.2 Å². The van der Waals surface area contributed by atoms with Crippen LogP contribution in [0.1, 0.15) is 36.8 Å². The quantitative estimate of drug-likeness (QED) is 0.246. The van der Waals surface area contributed by atoms with Gasteiger partial charge in [-0.1, -0.05) is 24.3 Å². The SMILES string of the molecule is CN=C(NCCc1c[nH]c2ccccc12)NCc1cccnc1OC1CCCC1.I. The number of pyridine rings is 1. The van der Waals surface area contributed by atoms with Crippen molar-refractivity contribution in [2.24, 2.45) is 4.99 Å². The second-order valence-electron chi connectivity index (χ2n) is 7.45. The van der Waals surface area contributed by atoms with E-state index in [1.165, 1.54) is 29.3 Å². The van der Waals surface area contributed by atoms with Crippen LogP contribution in [0.2, 0.25) is 0 Å². The van der Waals surface area contributed by atoms with Crippen LogP contribution < -0.4 is 15.4 Å². The molecule has 4 rings (SSSR count). The molecule has 1 aliphatic rings. The molecule has 0 bridgehead atoms. The van der Waals surface area contributed by atoms with Gasteiger partial charge in [0.2, 0.25) is 5.88 Å². The highest BCUT2D eigenvalue weighted by atomic mass is 127. The minimum atomic E-state index is 0. The number of aromatic amines is 1. The number of ether oxygens (including phenoxy) is 1. The van der Waals surface area contributed by atoms with Gasteiger partial charge in [0.15, 0.2) is 5.96 Å². The van der Waals surface area contributed by atoms with E-state index < -0.39 is 0 Å². The molecule has 1 saturated carbocycles. The molecule has 0 aliphatic heterocycles. The Morgan fingerprint density at radius 2 is 1.97 bits per heavy atom. The molecule has 1 fully saturated rings. The number of para-hydroxylation sites is 1. The molecule has 2 aromatic heterocycles. The van der Waals surface area contributed by atoms with Gasteiger partial charge in [-0.25, -0.2) is 4.98 Å². The molecule has 6 nitrogen and oxygen atoms in total. The average molecular weight is 519 g/mol. The Labute approximate surface area is 194 Å². The topological polar surface area (TPSA) is 74.3 Å². The summed E-state index contributed by atoms with van der Waals surface area (Å²) in [5, 5.41) is 8.06. The maximum atomic E-state index is 6.13. The van der Waals surface area contributed by atoms with E-state index in [0.29, 0.717) is 12.6 Å². The van der Waals surface area contributed by atoms with E-state index in [4.69, 9.17) is 4.74 Å². The van der Waals surface area contributed by atoms with Crippen LogP contribution in [0.4, 0.5) is 0 Å². The normalized spacial score (nSPS) is 14.5. The van der Waals surface area contributed by atoms with Crippen molar-refractivity contribution in [2.45, 2.75) is 44.8 Å². The van der Waals surface area contributed by atoms with Gasteiger partial charge in [0.1, 0.15) is 6.10 Å². The second-order valence-corrected chi connectivity index (χ2v) is 7.45. The molecule has 30 heavy (non-hydrogen) atoms. The molecule has 2 heterocycles. The predicted octanol–water partition coefficient (Wildman–Crippen LogP) is 4.41. The van der Waals surface area contributed by atoms with Crippen LogP contribution in [0, 0.1) is 0 Å². The Balaban J connectivity index is 0.00000256. The maximum absolute atomic E-state index is 6.13. The number of halogens is 1. The third-order valence-electron chi connectivity index (χ3n) is 5.46. The number of nitrogens with one attached hydrogen (secondary N) is 3. The lowest BCUT2D eigenvalue weighted by Gasteiger charge is -2.16. The molecule has 0 atom stereocenters. The molecule has 0 radical (unpaired) electrons.